The number of carbonyl (C=O) groups excluding carboxylic acids is 1. The van der Waals surface area contributed by atoms with E-state index >= 15 is 0 Å². The summed E-state index contributed by atoms with van der Waals surface area (Å²) in [4.78, 5) is 17.4. The fraction of sp³-hybridized carbons (Fsp3) is 0.692. The lowest BCUT2D eigenvalue weighted by atomic mass is 10.2. The van der Waals surface area contributed by atoms with E-state index in [1.807, 2.05) is 0 Å². The van der Waals surface area contributed by atoms with Crippen LogP contribution in [0.15, 0.2) is 12.4 Å². The second-order valence-corrected chi connectivity index (χ2v) is 5.25. The van der Waals surface area contributed by atoms with Crippen LogP contribution in [0.3, 0.4) is 0 Å². The number of hydrogen-bond acceptors (Lipinski definition) is 3. The van der Waals surface area contributed by atoms with Crippen molar-refractivity contribution < 1.29 is 13.6 Å². The van der Waals surface area contributed by atoms with Gasteiger partial charge >= 0.3 is 6.55 Å². The van der Waals surface area contributed by atoms with Gasteiger partial charge in [0.1, 0.15) is 5.82 Å². The molecule has 1 aromatic heterocycles. The number of hydrogen-bond donors (Lipinski definition) is 1. The van der Waals surface area contributed by atoms with Crippen LogP contribution in [0.25, 0.3) is 0 Å². The van der Waals surface area contributed by atoms with Crippen LogP contribution in [0, 0.1) is 0 Å². The van der Waals surface area contributed by atoms with Crippen LogP contribution < -0.4 is 5.32 Å². The van der Waals surface area contributed by atoms with E-state index in [1.54, 1.807) is 11.9 Å². The zero-order valence-electron chi connectivity index (χ0n) is 11.6. The Morgan fingerprint density at radius 3 is 2.90 bits per heavy atom. The summed E-state index contributed by atoms with van der Waals surface area (Å²) < 4.78 is 26.1. The molecule has 112 valence electrons. The predicted octanol–water partition coefficient (Wildman–Crippen LogP) is 1.77. The van der Waals surface area contributed by atoms with Gasteiger partial charge in [-0.25, -0.2) is 4.98 Å². The van der Waals surface area contributed by atoms with Crippen molar-refractivity contribution in [3.8, 4) is 0 Å². The molecule has 0 atom stereocenters. The van der Waals surface area contributed by atoms with Crippen molar-refractivity contribution in [1.82, 2.24) is 19.8 Å². The molecule has 1 aromatic rings. The van der Waals surface area contributed by atoms with Crippen LogP contribution in [0.5, 0.6) is 0 Å². The molecule has 0 aromatic carbocycles. The van der Waals surface area contributed by atoms with Gasteiger partial charge in [0.25, 0.3) is 0 Å². The number of aromatic nitrogens is 2. The second kappa shape index (κ2) is 6.78. The number of halogens is 2. The van der Waals surface area contributed by atoms with E-state index in [4.69, 9.17) is 0 Å². The molecule has 0 aliphatic heterocycles. The van der Waals surface area contributed by atoms with Crippen LogP contribution >= 0.6 is 0 Å². The van der Waals surface area contributed by atoms with Gasteiger partial charge in [-0.15, -0.1) is 0 Å². The predicted molar refractivity (Wildman–Crippen MR) is 70.2 cm³/mol. The first-order valence-electron chi connectivity index (χ1n) is 6.84. The van der Waals surface area contributed by atoms with Crippen molar-refractivity contribution in [3.63, 3.8) is 0 Å². The van der Waals surface area contributed by atoms with Crippen molar-refractivity contribution >= 4 is 5.91 Å². The lowest BCUT2D eigenvalue weighted by Crippen LogP contribution is -2.39. The number of carbonyl (C=O) groups is 1. The second-order valence-electron chi connectivity index (χ2n) is 5.25. The van der Waals surface area contributed by atoms with Crippen LogP contribution in [0.1, 0.15) is 38.1 Å². The monoisotopic (exact) mass is 286 g/mol. The van der Waals surface area contributed by atoms with E-state index in [0.29, 0.717) is 0 Å². The van der Waals surface area contributed by atoms with Crippen LogP contribution in [-0.2, 0) is 11.3 Å². The molecule has 2 rings (SSSR count). The quantitative estimate of drug-likeness (QED) is 0.867. The molecule has 0 spiro atoms. The molecular weight excluding hydrogens is 266 g/mol. The van der Waals surface area contributed by atoms with Gasteiger partial charge in [-0.2, -0.15) is 8.78 Å². The van der Waals surface area contributed by atoms with E-state index in [-0.39, 0.29) is 30.9 Å². The number of nitrogens with zero attached hydrogens (tertiary/aromatic N) is 3. The van der Waals surface area contributed by atoms with Crippen molar-refractivity contribution in [2.75, 3.05) is 13.6 Å². The van der Waals surface area contributed by atoms with Crippen molar-refractivity contribution in [1.29, 1.82) is 0 Å². The number of nitrogens with one attached hydrogen (secondary N) is 1. The molecular formula is C13H20F2N4O. The highest BCUT2D eigenvalue weighted by Crippen LogP contribution is 2.17. The molecule has 1 saturated carbocycles. The van der Waals surface area contributed by atoms with Crippen molar-refractivity contribution in [3.05, 3.63) is 18.2 Å². The maximum atomic E-state index is 12.7. The Morgan fingerprint density at radius 1 is 1.55 bits per heavy atom. The fourth-order valence-corrected chi connectivity index (χ4v) is 2.53. The van der Waals surface area contributed by atoms with Gasteiger partial charge in [-0.3, -0.25) is 14.3 Å². The third kappa shape index (κ3) is 4.00. The zero-order chi connectivity index (χ0) is 14.5. The molecule has 1 fully saturated rings. The minimum atomic E-state index is -2.60. The molecule has 1 aliphatic rings. The van der Waals surface area contributed by atoms with Crippen LogP contribution in [-0.4, -0.2) is 40.0 Å². The van der Waals surface area contributed by atoms with E-state index < -0.39 is 6.55 Å². The Hall–Kier alpha value is -1.50. The Kier molecular flexibility index (Phi) is 5.05. The maximum Gasteiger partial charge on any atom is 0.319 e. The lowest BCUT2D eigenvalue weighted by Gasteiger charge is -2.18. The number of rotatable bonds is 6. The molecule has 1 amide bonds. The Bertz CT molecular complexity index is 443. The zero-order valence-corrected chi connectivity index (χ0v) is 11.6. The molecule has 0 saturated heterocycles. The Morgan fingerprint density at radius 2 is 2.25 bits per heavy atom. The van der Waals surface area contributed by atoms with Crippen LogP contribution in [0.4, 0.5) is 8.78 Å². The standard InChI is InChI=1S/C13H20F2N4O/c1-18(8-11-16-6-7-19(11)13(14)15)9-12(20)17-10-4-2-3-5-10/h6-7,10,13H,2-5,8-9H2,1H3,(H,17,20). The molecule has 0 radical (unpaired) electrons. The Balaban J connectivity index is 1.80. The van der Waals surface area contributed by atoms with Crippen molar-refractivity contribution in [2.45, 2.75) is 44.8 Å². The Labute approximate surface area is 117 Å². The summed E-state index contributed by atoms with van der Waals surface area (Å²) in [6, 6.07) is 0.277. The first-order valence-corrected chi connectivity index (χ1v) is 6.84. The topological polar surface area (TPSA) is 50.2 Å². The number of imidazole rings is 1. The third-order valence-electron chi connectivity index (χ3n) is 3.50. The third-order valence-corrected chi connectivity index (χ3v) is 3.50. The van der Waals surface area contributed by atoms with E-state index in [1.165, 1.54) is 12.4 Å². The summed E-state index contributed by atoms with van der Waals surface area (Å²) in [7, 11) is 1.72. The fourth-order valence-electron chi connectivity index (χ4n) is 2.53. The summed E-state index contributed by atoms with van der Waals surface area (Å²) in [5.41, 5.74) is 0. The van der Waals surface area contributed by atoms with Gasteiger partial charge in [0.05, 0.1) is 13.1 Å². The number of amides is 1. The van der Waals surface area contributed by atoms with E-state index in [9.17, 15) is 13.6 Å². The van der Waals surface area contributed by atoms with E-state index in [0.717, 1.165) is 30.3 Å². The molecule has 0 unspecified atom stereocenters. The van der Waals surface area contributed by atoms with Gasteiger partial charge in [-0.05, 0) is 19.9 Å². The summed E-state index contributed by atoms with van der Waals surface area (Å²) in [6.07, 6.45) is 6.97. The summed E-state index contributed by atoms with van der Waals surface area (Å²) in [6.45, 7) is -2.20. The average Bonchev–Trinajstić information content (AvgIpc) is 2.99. The molecule has 7 heteroatoms. The molecule has 1 aliphatic carbocycles. The van der Waals surface area contributed by atoms with Gasteiger partial charge in [0.15, 0.2) is 0 Å². The molecule has 0 bridgehead atoms. The molecule has 1 N–H and O–H groups in total. The number of alkyl halides is 2. The van der Waals surface area contributed by atoms with Gasteiger partial charge in [0.2, 0.25) is 5.91 Å². The molecule has 1 heterocycles. The highest BCUT2D eigenvalue weighted by atomic mass is 19.3. The van der Waals surface area contributed by atoms with E-state index in [2.05, 4.69) is 10.3 Å². The highest BCUT2D eigenvalue weighted by Gasteiger charge is 2.19. The highest BCUT2D eigenvalue weighted by molar-refractivity contribution is 5.78. The summed E-state index contributed by atoms with van der Waals surface area (Å²) in [5.74, 6) is 0.200. The lowest BCUT2D eigenvalue weighted by molar-refractivity contribution is -0.122. The molecule has 20 heavy (non-hydrogen) atoms. The largest absolute Gasteiger partial charge is 0.352 e. The summed E-state index contributed by atoms with van der Waals surface area (Å²) in [5, 5.41) is 2.97. The summed E-state index contributed by atoms with van der Waals surface area (Å²) >= 11 is 0. The first-order chi connectivity index (χ1) is 9.56. The maximum absolute atomic E-state index is 12.7. The van der Waals surface area contributed by atoms with Gasteiger partial charge < -0.3 is 5.32 Å². The SMILES string of the molecule is CN(CC(=O)NC1CCCC1)Cc1nccn1C(F)F. The minimum absolute atomic E-state index is 0.0606. The normalized spacial score (nSPS) is 16.2. The smallest absolute Gasteiger partial charge is 0.319 e. The van der Waals surface area contributed by atoms with Gasteiger partial charge in [-0.1, -0.05) is 12.8 Å². The van der Waals surface area contributed by atoms with Crippen LogP contribution in [0.2, 0.25) is 0 Å². The van der Waals surface area contributed by atoms with Gasteiger partial charge in [0, 0.05) is 18.4 Å². The number of likely N-dealkylation sites (N-methyl/N-ethyl adjacent to an activating group) is 1. The minimum Gasteiger partial charge on any atom is -0.352 e. The first kappa shape index (κ1) is 14.9. The average molecular weight is 286 g/mol. The van der Waals surface area contributed by atoms with Crippen molar-refractivity contribution in [2.24, 2.45) is 0 Å². The molecule has 5 nitrogen and oxygen atoms in total.